The van der Waals surface area contributed by atoms with E-state index in [2.05, 4.69) is 10.2 Å². The third kappa shape index (κ3) is 5.18. The summed E-state index contributed by atoms with van der Waals surface area (Å²) >= 11 is 0. The fourth-order valence-corrected chi connectivity index (χ4v) is 4.66. The van der Waals surface area contributed by atoms with Gasteiger partial charge < -0.3 is 34.1 Å². The van der Waals surface area contributed by atoms with Crippen molar-refractivity contribution in [1.82, 2.24) is 9.80 Å². The highest BCUT2D eigenvalue weighted by Gasteiger charge is 2.27. The minimum atomic E-state index is -0.177. The van der Waals surface area contributed by atoms with Gasteiger partial charge in [0.2, 0.25) is 0 Å². The van der Waals surface area contributed by atoms with Gasteiger partial charge in [-0.2, -0.15) is 0 Å². The number of rotatable bonds is 4. The van der Waals surface area contributed by atoms with Gasteiger partial charge in [-0.15, -0.1) is 0 Å². The molecule has 0 aromatic heterocycles. The predicted molar refractivity (Wildman–Crippen MR) is 147 cm³/mol. The van der Waals surface area contributed by atoms with Crippen molar-refractivity contribution in [3.05, 3.63) is 65.7 Å². The number of aryl methyl sites for hydroxylation is 1. The maximum Gasteiger partial charge on any atom is 0.322 e. The van der Waals surface area contributed by atoms with Gasteiger partial charge in [-0.05, 0) is 61.4 Å². The molecule has 9 nitrogen and oxygen atoms in total. The third-order valence-corrected chi connectivity index (χ3v) is 6.72. The molecule has 0 saturated carbocycles. The van der Waals surface area contributed by atoms with Crippen molar-refractivity contribution >= 4 is 23.2 Å². The van der Waals surface area contributed by atoms with Crippen molar-refractivity contribution in [1.29, 1.82) is 0 Å². The van der Waals surface area contributed by atoms with Crippen LogP contribution in [0.1, 0.15) is 17.5 Å². The standard InChI is InChI=1S/C29H32N4O5/c1-19-6-9-24-27(16-19)38-25-11-8-20(35-2)17-22(25)28(30-24)32-12-5-13-33(15-14-32)29(34)31-23-10-7-21(36-3)18-26(23)37-4/h6-11,16-18H,5,12-15H2,1-4H3,(H,31,34). The molecule has 5 rings (SSSR count). The van der Waals surface area contributed by atoms with Crippen LogP contribution in [0, 0.1) is 6.92 Å². The summed E-state index contributed by atoms with van der Waals surface area (Å²) in [5, 5.41) is 2.98. The van der Waals surface area contributed by atoms with E-state index in [0.29, 0.717) is 36.8 Å². The number of hydrogen-bond acceptors (Lipinski definition) is 7. The van der Waals surface area contributed by atoms with Gasteiger partial charge >= 0.3 is 6.03 Å². The number of amides is 2. The number of anilines is 1. The first kappa shape index (κ1) is 25.3. The average molecular weight is 517 g/mol. The summed E-state index contributed by atoms with van der Waals surface area (Å²) < 4.78 is 22.5. The summed E-state index contributed by atoms with van der Waals surface area (Å²) in [6.07, 6.45) is 0.785. The largest absolute Gasteiger partial charge is 0.497 e. The minimum Gasteiger partial charge on any atom is -0.497 e. The first-order valence-corrected chi connectivity index (χ1v) is 12.6. The predicted octanol–water partition coefficient (Wildman–Crippen LogP) is 5.44. The zero-order valence-electron chi connectivity index (χ0n) is 22.1. The Morgan fingerprint density at radius 3 is 2.45 bits per heavy atom. The number of nitrogens with zero attached hydrogens (tertiary/aromatic N) is 3. The third-order valence-electron chi connectivity index (χ3n) is 6.72. The van der Waals surface area contributed by atoms with Crippen LogP contribution in [0.4, 0.5) is 16.2 Å². The molecule has 2 aliphatic rings. The second-order valence-electron chi connectivity index (χ2n) is 9.19. The molecule has 1 N–H and O–H groups in total. The zero-order chi connectivity index (χ0) is 26.6. The van der Waals surface area contributed by atoms with Crippen LogP contribution in [-0.2, 0) is 0 Å². The highest BCUT2D eigenvalue weighted by molar-refractivity contribution is 6.04. The van der Waals surface area contributed by atoms with Gasteiger partial charge in [0.15, 0.2) is 5.75 Å². The lowest BCUT2D eigenvalue weighted by Gasteiger charge is -2.25. The smallest absolute Gasteiger partial charge is 0.322 e. The van der Waals surface area contributed by atoms with Crippen LogP contribution in [0.5, 0.6) is 28.7 Å². The molecule has 3 aromatic rings. The summed E-state index contributed by atoms with van der Waals surface area (Å²) in [4.78, 5) is 22.3. The second kappa shape index (κ2) is 10.9. The highest BCUT2D eigenvalue weighted by Crippen LogP contribution is 2.40. The van der Waals surface area contributed by atoms with Crippen LogP contribution in [0.15, 0.2) is 59.6 Å². The number of carbonyl (C=O) groups excluding carboxylic acids is 1. The zero-order valence-corrected chi connectivity index (χ0v) is 22.1. The second-order valence-corrected chi connectivity index (χ2v) is 9.19. The van der Waals surface area contributed by atoms with Crippen LogP contribution < -0.4 is 24.3 Å². The molecule has 2 aliphatic heterocycles. The molecule has 0 unspecified atom stereocenters. The number of amidine groups is 1. The Hall–Kier alpha value is -4.40. The number of benzene rings is 3. The Morgan fingerprint density at radius 1 is 0.868 bits per heavy atom. The monoisotopic (exact) mass is 516 g/mol. The van der Waals surface area contributed by atoms with E-state index in [-0.39, 0.29) is 6.03 Å². The fourth-order valence-electron chi connectivity index (χ4n) is 4.66. The molecule has 2 heterocycles. The molecule has 0 aliphatic carbocycles. The molecule has 0 spiro atoms. The Kier molecular flexibility index (Phi) is 7.26. The van der Waals surface area contributed by atoms with E-state index in [1.807, 2.05) is 48.2 Å². The van der Waals surface area contributed by atoms with E-state index in [4.69, 9.17) is 23.9 Å². The number of hydrogen-bond donors (Lipinski definition) is 1. The Morgan fingerprint density at radius 2 is 1.66 bits per heavy atom. The highest BCUT2D eigenvalue weighted by atomic mass is 16.5. The number of nitrogens with one attached hydrogen (secondary N) is 1. The summed E-state index contributed by atoms with van der Waals surface area (Å²) in [6.45, 7) is 4.54. The van der Waals surface area contributed by atoms with E-state index in [9.17, 15) is 4.79 Å². The van der Waals surface area contributed by atoms with Gasteiger partial charge in [0.1, 0.15) is 34.5 Å². The van der Waals surface area contributed by atoms with Gasteiger partial charge in [-0.25, -0.2) is 9.79 Å². The lowest BCUT2D eigenvalue weighted by atomic mass is 10.1. The summed E-state index contributed by atoms with van der Waals surface area (Å²) in [5.41, 5.74) is 3.32. The Balaban J connectivity index is 1.39. The maximum atomic E-state index is 13.2. The van der Waals surface area contributed by atoms with Crippen molar-refractivity contribution in [2.24, 2.45) is 4.99 Å². The molecule has 1 fully saturated rings. The first-order chi connectivity index (χ1) is 18.5. The summed E-state index contributed by atoms with van der Waals surface area (Å²) in [6, 6.07) is 16.9. The van der Waals surface area contributed by atoms with Gasteiger partial charge in [-0.1, -0.05) is 6.07 Å². The van der Waals surface area contributed by atoms with Crippen molar-refractivity contribution in [2.45, 2.75) is 13.3 Å². The topological polar surface area (TPSA) is 84.9 Å². The number of methoxy groups -OCH3 is 3. The molecule has 38 heavy (non-hydrogen) atoms. The lowest BCUT2D eigenvalue weighted by molar-refractivity contribution is 0.214. The van der Waals surface area contributed by atoms with E-state index < -0.39 is 0 Å². The quantitative estimate of drug-likeness (QED) is 0.497. The van der Waals surface area contributed by atoms with Crippen molar-refractivity contribution in [3.63, 3.8) is 0 Å². The number of aliphatic imine (C=N–C) groups is 1. The van der Waals surface area contributed by atoms with Gasteiger partial charge in [0.05, 0.1) is 32.6 Å². The van der Waals surface area contributed by atoms with E-state index >= 15 is 0 Å². The molecule has 0 bridgehead atoms. The molecule has 0 atom stereocenters. The molecule has 9 heteroatoms. The molecule has 0 radical (unpaired) electrons. The SMILES string of the molecule is COc1ccc(NC(=O)N2CCCN(C3=Nc4ccc(C)cc4Oc4ccc(OC)cc43)CC2)c(OC)c1. The summed E-state index contributed by atoms with van der Waals surface area (Å²) in [7, 11) is 4.81. The molecule has 198 valence electrons. The molecular weight excluding hydrogens is 484 g/mol. The Labute approximate surface area is 222 Å². The molecular formula is C29H32N4O5. The van der Waals surface area contributed by atoms with Crippen LogP contribution in [0.2, 0.25) is 0 Å². The van der Waals surface area contributed by atoms with Crippen LogP contribution >= 0.6 is 0 Å². The fraction of sp³-hybridized carbons (Fsp3) is 0.310. The van der Waals surface area contributed by atoms with Gasteiger partial charge in [0.25, 0.3) is 0 Å². The average Bonchev–Trinajstić information content (AvgIpc) is 3.27. The number of ether oxygens (including phenoxy) is 4. The van der Waals surface area contributed by atoms with E-state index in [1.54, 1.807) is 39.5 Å². The van der Waals surface area contributed by atoms with Gasteiger partial charge in [-0.3, -0.25) is 0 Å². The molecule has 1 saturated heterocycles. The maximum absolute atomic E-state index is 13.2. The van der Waals surface area contributed by atoms with Crippen LogP contribution in [-0.4, -0.2) is 69.2 Å². The van der Waals surface area contributed by atoms with Crippen molar-refractivity contribution < 1.29 is 23.7 Å². The van der Waals surface area contributed by atoms with Crippen LogP contribution in [0.25, 0.3) is 0 Å². The first-order valence-electron chi connectivity index (χ1n) is 12.6. The van der Waals surface area contributed by atoms with Crippen molar-refractivity contribution in [3.8, 4) is 28.7 Å². The van der Waals surface area contributed by atoms with E-state index in [0.717, 1.165) is 52.9 Å². The molecule has 2 amide bonds. The number of urea groups is 1. The number of fused-ring (bicyclic) bond motifs is 2. The Bertz CT molecular complexity index is 1370. The van der Waals surface area contributed by atoms with Crippen molar-refractivity contribution in [2.75, 3.05) is 52.8 Å². The van der Waals surface area contributed by atoms with Crippen LogP contribution in [0.3, 0.4) is 0 Å². The minimum absolute atomic E-state index is 0.177. The van der Waals surface area contributed by atoms with E-state index in [1.165, 1.54) is 0 Å². The normalized spacial score (nSPS) is 14.7. The lowest BCUT2D eigenvalue weighted by Crippen LogP contribution is -2.39. The molecule has 3 aromatic carbocycles. The number of carbonyl (C=O) groups is 1. The van der Waals surface area contributed by atoms with Gasteiger partial charge in [0, 0.05) is 32.2 Å². The summed E-state index contributed by atoms with van der Waals surface area (Å²) in [5.74, 6) is 4.18.